The lowest BCUT2D eigenvalue weighted by molar-refractivity contribution is 0.0929. The van der Waals surface area contributed by atoms with Gasteiger partial charge in [0.2, 0.25) is 5.95 Å². The van der Waals surface area contributed by atoms with Gasteiger partial charge in [-0.25, -0.2) is 4.98 Å². The molecule has 1 aliphatic carbocycles. The van der Waals surface area contributed by atoms with Gasteiger partial charge >= 0.3 is 0 Å². The third-order valence-corrected chi connectivity index (χ3v) is 5.91. The Morgan fingerprint density at radius 2 is 1.84 bits per heavy atom. The molecule has 2 aromatic heterocycles. The second kappa shape index (κ2) is 8.96. The quantitative estimate of drug-likeness (QED) is 0.388. The van der Waals surface area contributed by atoms with Crippen LogP contribution >= 0.6 is 0 Å². The molecule has 1 aromatic carbocycles. The normalized spacial score (nSPS) is 16.5. The van der Waals surface area contributed by atoms with Crippen LogP contribution in [0.5, 0.6) is 0 Å². The van der Waals surface area contributed by atoms with E-state index < -0.39 is 0 Å². The first-order valence-electron chi connectivity index (χ1n) is 11.2. The molecule has 9 nitrogen and oxygen atoms in total. The fourth-order valence-corrected chi connectivity index (χ4v) is 3.82. The first-order valence-corrected chi connectivity index (χ1v) is 11.2. The van der Waals surface area contributed by atoms with E-state index in [0.717, 1.165) is 43.0 Å². The van der Waals surface area contributed by atoms with E-state index in [-0.39, 0.29) is 11.9 Å². The molecule has 0 unspecified atom stereocenters. The molecule has 3 aromatic rings. The summed E-state index contributed by atoms with van der Waals surface area (Å²) in [7, 11) is 0. The minimum absolute atomic E-state index is 0.0360. The summed E-state index contributed by atoms with van der Waals surface area (Å²) in [4.78, 5) is 21.5. The van der Waals surface area contributed by atoms with Crippen LogP contribution in [0.25, 0.3) is 0 Å². The zero-order valence-electron chi connectivity index (χ0n) is 18.1. The summed E-state index contributed by atoms with van der Waals surface area (Å²) >= 11 is 0. The molecule has 166 valence electrons. The van der Waals surface area contributed by atoms with Crippen molar-refractivity contribution in [2.24, 2.45) is 0 Å². The maximum atomic E-state index is 12.5. The summed E-state index contributed by atoms with van der Waals surface area (Å²) in [6.07, 6.45) is 6.15. The number of hydrogen-bond acceptors (Lipinski definition) is 7. The van der Waals surface area contributed by atoms with Crippen LogP contribution in [-0.2, 0) is 0 Å². The van der Waals surface area contributed by atoms with Gasteiger partial charge in [0.25, 0.3) is 5.91 Å². The molecule has 9 heteroatoms. The van der Waals surface area contributed by atoms with Crippen molar-refractivity contribution in [3.8, 4) is 0 Å². The Labute approximate surface area is 186 Å². The number of piperidine rings is 1. The van der Waals surface area contributed by atoms with Gasteiger partial charge in [-0.15, -0.1) is 0 Å². The predicted octanol–water partition coefficient (Wildman–Crippen LogP) is 3.35. The van der Waals surface area contributed by atoms with Gasteiger partial charge in [0.05, 0.1) is 0 Å². The third-order valence-electron chi connectivity index (χ3n) is 5.91. The van der Waals surface area contributed by atoms with Crippen LogP contribution in [0.2, 0.25) is 0 Å². The molecule has 5 N–H and O–H groups in total. The fourth-order valence-electron chi connectivity index (χ4n) is 3.82. The number of H-pyrrole nitrogens is 1. The molecule has 0 bridgehead atoms. The Bertz CT molecular complexity index is 1080. The van der Waals surface area contributed by atoms with Crippen molar-refractivity contribution in [1.82, 2.24) is 30.8 Å². The molecule has 5 rings (SSSR count). The SMILES string of the molecule is Cc1cnc(Nc2ccc(C(=O)NC3CCNCC3)cc2)nc1Nc1cc(C2CC2)[nH]n1. The number of carbonyl (C=O) groups is 1. The van der Waals surface area contributed by atoms with Crippen LogP contribution in [-0.4, -0.2) is 45.2 Å². The van der Waals surface area contributed by atoms with Crippen molar-refractivity contribution >= 4 is 29.2 Å². The van der Waals surface area contributed by atoms with Crippen LogP contribution in [0.15, 0.2) is 36.5 Å². The van der Waals surface area contributed by atoms with Crippen LogP contribution in [0, 0.1) is 6.92 Å². The predicted molar refractivity (Wildman–Crippen MR) is 124 cm³/mol. The first kappa shape index (κ1) is 20.4. The molecule has 1 aliphatic heterocycles. The maximum absolute atomic E-state index is 12.5. The van der Waals surface area contributed by atoms with E-state index in [2.05, 4.69) is 41.4 Å². The topological polar surface area (TPSA) is 120 Å². The van der Waals surface area contributed by atoms with Crippen molar-refractivity contribution < 1.29 is 4.79 Å². The molecule has 32 heavy (non-hydrogen) atoms. The smallest absolute Gasteiger partial charge is 0.251 e. The summed E-state index contributed by atoms with van der Waals surface area (Å²) in [6, 6.07) is 9.64. The zero-order chi connectivity index (χ0) is 21.9. The summed E-state index contributed by atoms with van der Waals surface area (Å²) in [5, 5.41) is 20.3. The van der Waals surface area contributed by atoms with E-state index in [1.54, 1.807) is 6.20 Å². The second-order valence-corrected chi connectivity index (χ2v) is 8.53. The van der Waals surface area contributed by atoms with Crippen LogP contribution in [0.3, 0.4) is 0 Å². The number of carbonyl (C=O) groups excluding carboxylic acids is 1. The standard InChI is InChI=1S/C23H28N8O/c1-14-13-25-23(29-21(14)28-20-12-19(30-31-20)15-2-3-15)27-17-6-4-16(5-7-17)22(32)26-18-8-10-24-11-9-18/h4-7,12-13,15,18,24H,2-3,8-11H2,1H3,(H,26,32)(H3,25,27,28,29,30,31). The monoisotopic (exact) mass is 432 g/mol. The summed E-state index contributed by atoms with van der Waals surface area (Å²) in [5.41, 5.74) is 3.55. The van der Waals surface area contributed by atoms with E-state index in [0.29, 0.717) is 23.2 Å². The highest BCUT2D eigenvalue weighted by molar-refractivity contribution is 5.94. The Morgan fingerprint density at radius 3 is 2.59 bits per heavy atom. The number of rotatable bonds is 7. The third kappa shape index (κ3) is 4.88. The van der Waals surface area contributed by atoms with Crippen molar-refractivity contribution in [2.45, 2.75) is 44.6 Å². The zero-order valence-corrected chi connectivity index (χ0v) is 18.1. The number of anilines is 4. The van der Waals surface area contributed by atoms with E-state index in [1.807, 2.05) is 37.3 Å². The van der Waals surface area contributed by atoms with Crippen LogP contribution < -0.4 is 21.3 Å². The van der Waals surface area contributed by atoms with Crippen LogP contribution in [0.4, 0.5) is 23.3 Å². The van der Waals surface area contributed by atoms with Gasteiger partial charge in [0.1, 0.15) is 5.82 Å². The highest BCUT2D eigenvalue weighted by atomic mass is 16.1. The number of aromatic nitrogens is 4. The van der Waals surface area contributed by atoms with Gasteiger partial charge in [-0.1, -0.05) is 0 Å². The average molecular weight is 433 g/mol. The lowest BCUT2D eigenvalue weighted by Crippen LogP contribution is -2.42. The van der Waals surface area contributed by atoms with E-state index in [9.17, 15) is 4.79 Å². The van der Waals surface area contributed by atoms with Gasteiger partial charge in [-0.05, 0) is 70.0 Å². The van der Waals surface area contributed by atoms with Gasteiger partial charge in [-0.3, -0.25) is 9.89 Å². The molecule has 3 heterocycles. The summed E-state index contributed by atoms with van der Waals surface area (Å²) in [5.74, 6) is 2.51. The number of nitrogens with one attached hydrogen (secondary N) is 5. The number of aromatic amines is 1. The van der Waals surface area contributed by atoms with Gasteiger partial charge in [0, 0.05) is 46.7 Å². The highest BCUT2D eigenvalue weighted by Gasteiger charge is 2.25. The number of hydrogen-bond donors (Lipinski definition) is 5. The molecule has 0 radical (unpaired) electrons. The molecule has 2 fully saturated rings. The average Bonchev–Trinajstić information content (AvgIpc) is 3.56. The number of amides is 1. The fraction of sp³-hybridized carbons (Fsp3) is 0.391. The Kier molecular flexibility index (Phi) is 5.72. The molecule has 1 amide bonds. The highest BCUT2D eigenvalue weighted by Crippen LogP contribution is 2.39. The molecule has 0 atom stereocenters. The molecule has 0 spiro atoms. The van der Waals surface area contributed by atoms with Gasteiger partial charge in [0.15, 0.2) is 5.82 Å². The molecule has 1 saturated carbocycles. The number of benzene rings is 1. The Morgan fingerprint density at radius 1 is 1.06 bits per heavy atom. The summed E-state index contributed by atoms with van der Waals surface area (Å²) < 4.78 is 0. The number of aryl methyl sites for hydroxylation is 1. The minimum atomic E-state index is -0.0360. The van der Waals surface area contributed by atoms with E-state index >= 15 is 0 Å². The molecular formula is C23H28N8O. The van der Waals surface area contributed by atoms with Crippen molar-refractivity contribution in [2.75, 3.05) is 23.7 Å². The van der Waals surface area contributed by atoms with Gasteiger partial charge in [-0.2, -0.15) is 10.1 Å². The maximum Gasteiger partial charge on any atom is 0.251 e. The second-order valence-electron chi connectivity index (χ2n) is 8.53. The van der Waals surface area contributed by atoms with Crippen molar-refractivity contribution in [3.63, 3.8) is 0 Å². The molecule has 1 saturated heterocycles. The summed E-state index contributed by atoms with van der Waals surface area (Å²) in [6.45, 7) is 3.85. The first-order chi connectivity index (χ1) is 15.6. The van der Waals surface area contributed by atoms with Crippen molar-refractivity contribution in [3.05, 3.63) is 53.3 Å². The van der Waals surface area contributed by atoms with Gasteiger partial charge < -0.3 is 21.3 Å². The number of nitrogens with zero attached hydrogens (tertiary/aromatic N) is 3. The Balaban J connectivity index is 1.22. The molecular weight excluding hydrogens is 404 g/mol. The van der Waals surface area contributed by atoms with E-state index in [1.165, 1.54) is 18.5 Å². The Hall–Kier alpha value is -3.46. The van der Waals surface area contributed by atoms with Crippen molar-refractivity contribution in [1.29, 1.82) is 0 Å². The lowest BCUT2D eigenvalue weighted by Gasteiger charge is -2.23. The molecule has 2 aliphatic rings. The largest absolute Gasteiger partial charge is 0.349 e. The van der Waals surface area contributed by atoms with E-state index in [4.69, 9.17) is 0 Å². The lowest BCUT2D eigenvalue weighted by atomic mass is 10.1. The van der Waals surface area contributed by atoms with Crippen LogP contribution in [0.1, 0.15) is 53.2 Å². The minimum Gasteiger partial charge on any atom is -0.349 e.